The normalized spacial score (nSPS) is 17.2. The fourth-order valence-electron chi connectivity index (χ4n) is 3.51. The Balaban J connectivity index is 1.74. The monoisotopic (exact) mass is 417 g/mol. The summed E-state index contributed by atoms with van der Waals surface area (Å²) in [5.41, 5.74) is 1.55. The van der Waals surface area contributed by atoms with Gasteiger partial charge in [0.15, 0.2) is 0 Å². The number of benzene rings is 2. The van der Waals surface area contributed by atoms with Gasteiger partial charge in [-0.05, 0) is 49.9 Å². The Bertz CT molecular complexity index is 1050. The van der Waals surface area contributed by atoms with Crippen molar-refractivity contribution in [3.05, 3.63) is 69.3 Å². The highest BCUT2D eigenvalue weighted by molar-refractivity contribution is 7.89. The first-order chi connectivity index (χ1) is 13.7. The largest absolute Gasteiger partial charge is 0.350 e. The molecule has 2 aromatic carbocycles. The van der Waals surface area contributed by atoms with Crippen LogP contribution < -0.4 is 5.32 Å². The number of hydrogen-bond acceptors (Lipinski definition) is 5. The lowest BCUT2D eigenvalue weighted by atomic mass is 10.1. The molecule has 8 nitrogen and oxygen atoms in total. The van der Waals surface area contributed by atoms with Gasteiger partial charge in [-0.15, -0.1) is 0 Å². The summed E-state index contributed by atoms with van der Waals surface area (Å²) in [6.07, 6.45) is 1.35. The Morgan fingerprint density at radius 3 is 2.72 bits per heavy atom. The van der Waals surface area contributed by atoms with Gasteiger partial charge < -0.3 is 5.32 Å². The zero-order valence-corrected chi connectivity index (χ0v) is 17.1. The molecule has 9 heteroatoms. The maximum atomic E-state index is 13.2. The molecule has 1 atom stereocenters. The standard InChI is InChI=1S/C20H23N3O5S/c1-14-8-9-15(2)19(11-14)29(27,28)22-10-4-7-18(22)13-21-20(24)16-5-3-6-17(12-16)23(25)26/h3,5-6,8-9,11-12,18H,4,7,10,13H2,1-2H3,(H,21,24)/t18-/m1/s1. The van der Waals surface area contributed by atoms with E-state index in [-0.39, 0.29) is 28.7 Å². The lowest BCUT2D eigenvalue weighted by molar-refractivity contribution is -0.384. The van der Waals surface area contributed by atoms with Crippen LogP contribution in [0.3, 0.4) is 0 Å². The summed E-state index contributed by atoms with van der Waals surface area (Å²) < 4.78 is 27.8. The van der Waals surface area contributed by atoms with Gasteiger partial charge in [0.25, 0.3) is 11.6 Å². The lowest BCUT2D eigenvalue weighted by Gasteiger charge is -2.25. The molecule has 1 fully saturated rings. The summed E-state index contributed by atoms with van der Waals surface area (Å²) in [6, 6.07) is 10.4. The van der Waals surface area contributed by atoms with Crippen LogP contribution in [-0.4, -0.2) is 42.7 Å². The molecule has 1 aliphatic rings. The number of rotatable bonds is 6. The fraction of sp³-hybridized carbons (Fsp3) is 0.350. The molecule has 2 aromatic rings. The number of nitrogens with one attached hydrogen (secondary N) is 1. The van der Waals surface area contributed by atoms with E-state index in [4.69, 9.17) is 0 Å². The Morgan fingerprint density at radius 2 is 2.00 bits per heavy atom. The molecule has 1 amide bonds. The van der Waals surface area contributed by atoms with Crippen LogP contribution in [0.4, 0.5) is 5.69 Å². The Hall–Kier alpha value is -2.78. The van der Waals surface area contributed by atoms with Crippen LogP contribution in [0.25, 0.3) is 0 Å². The first-order valence-electron chi connectivity index (χ1n) is 9.32. The van der Waals surface area contributed by atoms with Gasteiger partial charge in [-0.1, -0.05) is 18.2 Å². The first-order valence-corrected chi connectivity index (χ1v) is 10.8. The third-order valence-electron chi connectivity index (χ3n) is 5.07. The predicted molar refractivity (Wildman–Crippen MR) is 108 cm³/mol. The highest BCUT2D eigenvalue weighted by atomic mass is 32.2. The van der Waals surface area contributed by atoms with E-state index in [1.165, 1.54) is 28.6 Å². The van der Waals surface area contributed by atoms with Crippen molar-refractivity contribution in [2.75, 3.05) is 13.1 Å². The predicted octanol–water partition coefficient (Wildman–Crippen LogP) is 2.79. The van der Waals surface area contributed by atoms with Crippen LogP contribution in [0.2, 0.25) is 0 Å². The second kappa shape index (κ2) is 8.30. The molecule has 0 aliphatic carbocycles. The number of nitro benzene ring substituents is 1. The number of nitrogens with zero attached hydrogens (tertiary/aromatic N) is 2. The lowest BCUT2D eigenvalue weighted by Crippen LogP contribution is -2.43. The van der Waals surface area contributed by atoms with Crippen molar-refractivity contribution in [2.24, 2.45) is 0 Å². The number of sulfonamides is 1. The van der Waals surface area contributed by atoms with Crippen LogP contribution in [0.1, 0.15) is 34.3 Å². The minimum atomic E-state index is -3.68. The van der Waals surface area contributed by atoms with Crippen molar-refractivity contribution < 1.29 is 18.1 Å². The molecule has 1 aliphatic heterocycles. The summed E-state index contributed by atoms with van der Waals surface area (Å²) >= 11 is 0. The van der Waals surface area contributed by atoms with E-state index in [0.29, 0.717) is 24.9 Å². The van der Waals surface area contributed by atoms with Crippen molar-refractivity contribution in [1.29, 1.82) is 0 Å². The zero-order chi connectivity index (χ0) is 21.2. The smallest absolute Gasteiger partial charge is 0.270 e. The highest BCUT2D eigenvalue weighted by Crippen LogP contribution is 2.28. The maximum absolute atomic E-state index is 13.2. The number of non-ortho nitro benzene ring substituents is 1. The second-order valence-corrected chi connectivity index (χ2v) is 9.06. The number of hydrogen-bond donors (Lipinski definition) is 1. The molecule has 0 radical (unpaired) electrons. The van der Waals surface area contributed by atoms with E-state index in [1.54, 1.807) is 19.1 Å². The van der Waals surface area contributed by atoms with E-state index in [9.17, 15) is 23.3 Å². The molecule has 1 saturated heterocycles. The summed E-state index contributed by atoms with van der Waals surface area (Å²) in [5, 5.41) is 13.6. The van der Waals surface area contributed by atoms with Crippen molar-refractivity contribution in [2.45, 2.75) is 37.6 Å². The average molecular weight is 417 g/mol. The van der Waals surface area contributed by atoms with E-state index in [1.807, 2.05) is 13.0 Å². The molecule has 0 spiro atoms. The molecule has 0 unspecified atom stereocenters. The molecule has 1 N–H and O–H groups in total. The molecule has 0 aromatic heterocycles. The molecule has 0 saturated carbocycles. The van der Waals surface area contributed by atoms with Gasteiger partial charge in [0, 0.05) is 36.8 Å². The Morgan fingerprint density at radius 1 is 1.24 bits per heavy atom. The van der Waals surface area contributed by atoms with Gasteiger partial charge in [0.05, 0.1) is 9.82 Å². The third-order valence-corrected chi connectivity index (χ3v) is 7.16. The molecular weight excluding hydrogens is 394 g/mol. The van der Waals surface area contributed by atoms with Gasteiger partial charge >= 0.3 is 0 Å². The van der Waals surface area contributed by atoms with Crippen LogP contribution in [0, 0.1) is 24.0 Å². The molecule has 29 heavy (non-hydrogen) atoms. The van der Waals surface area contributed by atoms with Gasteiger partial charge in [-0.2, -0.15) is 4.31 Å². The van der Waals surface area contributed by atoms with Gasteiger partial charge in [-0.25, -0.2) is 8.42 Å². The van der Waals surface area contributed by atoms with Crippen molar-refractivity contribution in [3.63, 3.8) is 0 Å². The molecule has 3 rings (SSSR count). The second-order valence-electron chi connectivity index (χ2n) is 7.20. The van der Waals surface area contributed by atoms with E-state index in [0.717, 1.165) is 5.56 Å². The SMILES string of the molecule is Cc1ccc(C)c(S(=O)(=O)N2CCC[C@@H]2CNC(=O)c2cccc([N+](=O)[O-])c2)c1. The minimum absolute atomic E-state index is 0.144. The van der Waals surface area contributed by atoms with Gasteiger partial charge in [-0.3, -0.25) is 14.9 Å². The van der Waals surface area contributed by atoms with Crippen LogP contribution in [0.15, 0.2) is 47.4 Å². The van der Waals surface area contributed by atoms with Crippen molar-refractivity contribution in [1.82, 2.24) is 9.62 Å². The topological polar surface area (TPSA) is 110 Å². The summed E-state index contributed by atoms with van der Waals surface area (Å²) in [7, 11) is -3.68. The number of nitro groups is 1. The van der Waals surface area contributed by atoms with Crippen LogP contribution >= 0.6 is 0 Å². The number of aryl methyl sites for hydroxylation is 2. The molecule has 1 heterocycles. The third kappa shape index (κ3) is 4.46. The Labute approximate surface area is 169 Å². The van der Waals surface area contributed by atoms with Gasteiger partial charge in [0.1, 0.15) is 0 Å². The number of carbonyl (C=O) groups excluding carboxylic acids is 1. The molecule has 0 bridgehead atoms. The van der Waals surface area contributed by atoms with E-state index >= 15 is 0 Å². The zero-order valence-electron chi connectivity index (χ0n) is 16.3. The van der Waals surface area contributed by atoms with E-state index in [2.05, 4.69) is 5.32 Å². The summed E-state index contributed by atoms with van der Waals surface area (Å²) in [4.78, 5) is 23.0. The molecule has 154 valence electrons. The fourth-order valence-corrected chi connectivity index (χ4v) is 5.52. The van der Waals surface area contributed by atoms with E-state index < -0.39 is 20.9 Å². The Kier molecular flexibility index (Phi) is 5.99. The van der Waals surface area contributed by atoms with Crippen molar-refractivity contribution >= 4 is 21.6 Å². The quantitative estimate of drug-likeness (QED) is 0.574. The number of carbonyl (C=O) groups is 1. The van der Waals surface area contributed by atoms with Gasteiger partial charge in [0.2, 0.25) is 10.0 Å². The first kappa shape index (κ1) is 20.9. The summed E-state index contributed by atoms with van der Waals surface area (Å²) in [6.45, 7) is 4.15. The van der Waals surface area contributed by atoms with Crippen molar-refractivity contribution in [3.8, 4) is 0 Å². The molecular formula is C20H23N3O5S. The van der Waals surface area contributed by atoms with Crippen LogP contribution in [0.5, 0.6) is 0 Å². The number of amides is 1. The minimum Gasteiger partial charge on any atom is -0.350 e. The maximum Gasteiger partial charge on any atom is 0.270 e. The highest BCUT2D eigenvalue weighted by Gasteiger charge is 2.36. The van der Waals surface area contributed by atoms with Crippen LogP contribution in [-0.2, 0) is 10.0 Å². The summed E-state index contributed by atoms with van der Waals surface area (Å²) in [5.74, 6) is -0.468. The average Bonchev–Trinajstić information content (AvgIpc) is 3.17.